The number of rotatable bonds is 5. The fourth-order valence-corrected chi connectivity index (χ4v) is 3.25. The SMILES string of the molecule is CC(N)C(c1ccc(Br)cc1)N(C)CC1CC(O)C1. The van der Waals surface area contributed by atoms with Gasteiger partial charge in [0.05, 0.1) is 6.10 Å². The maximum Gasteiger partial charge on any atom is 0.0546 e. The van der Waals surface area contributed by atoms with Crippen LogP contribution in [0.15, 0.2) is 28.7 Å². The first-order chi connectivity index (χ1) is 8.97. The van der Waals surface area contributed by atoms with Crippen molar-refractivity contribution >= 4 is 15.9 Å². The number of halogens is 1. The predicted molar refractivity (Wildman–Crippen MR) is 81.9 cm³/mol. The lowest BCUT2D eigenvalue weighted by atomic mass is 9.81. The van der Waals surface area contributed by atoms with Crippen molar-refractivity contribution in [2.45, 2.75) is 38.0 Å². The molecule has 1 aromatic rings. The van der Waals surface area contributed by atoms with E-state index in [1.165, 1.54) is 5.56 Å². The molecule has 2 unspecified atom stereocenters. The molecule has 0 aliphatic heterocycles. The molecule has 1 aliphatic carbocycles. The summed E-state index contributed by atoms with van der Waals surface area (Å²) >= 11 is 3.46. The normalized spacial score (nSPS) is 26.0. The smallest absolute Gasteiger partial charge is 0.0546 e. The molecule has 4 heteroatoms. The molecule has 0 heterocycles. The molecule has 2 rings (SSSR count). The second kappa shape index (κ2) is 6.35. The lowest BCUT2D eigenvalue weighted by Crippen LogP contribution is -2.43. The molecule has 2 atom stereocenters. The molecule has 1 fully saturated rings. The van der Waals surface area contributed by atoms with Crippen molar-refractivity contribution in [3.05, 3.63) is 34.3 Å². The van der Waals surface area contributed by atoms with E-state index in [1.807, 2.05) is 0 Å². The van der Waals surface area contributed by atoms with E-state index < -0.39 is 0 Å². The van der Waals surface area contributed by atoms with E-state index in [-0.39, 0.29) is 18.2 Å². The summed E-state index contributed by atoms with van der Waals surface area (Å²) in [6.07, 6.45) is 1.77. The largest absolute Gasteiger partial charge is 0.393 e. The number of nitrogens with zero attached hydrogens (tertiary/aromatic N) is 1. The third kappa shape index (κ3) is 3.78. The van der Waals surface area contributed by atoms with Crippen molar-refractivity contribution in [1.82, 2.24) is 4.90 Å². The molecule has 0 amide bonds. The summed E-state index contributed by atoms with van der Waals surface area (Å²) in [5.74, 6) is 0.608. The summed E-state index contributed by atoms with van der Waals surface area (Å²) in [6, 6.07) is 8.69. The minimum atomic E-state index is -0.0835. The van der Waals surface area contributed by atoms with Gasteiger partial charge in [-0.1, -0.05) is 28.1 Å². The minimum absolute atomic E-state index is 0.0798. The molecule has 1 aromatic carbocycles. The zero-order chi connectivity index (χ0) is 14.0. The molecule has 106 valence electrons. The van der Waals surface area contributed by atoms with E-state index in [1.54, 1.807) is 0 Å². The number of nitrogens with two attached hydrogens (primary N) is 1. The Kier molecular flexibility index (Phi) is 5.01. The van der Waals surface area contributed by atoms with Gasteiger partial charge in [0.15, 0.2) is 0 Å². The Labute approximate surface area is 123 Å². The van der Waals surface area contributed by atoms with E-state index in [4.69, 9.17) is 5.73 Å². The molecular weight excluding hydrogens is 304 g/mol. The van der Waals surface area contributed by atoms with E-state index >= 15 is 0 Å². The van der Waals surface area contributed by atoms with Crippen LogP contribution in [0, 0.1) is 5.92 Å². The second-order valence-corrected chi connectivity index (χ2v) is 6.70. The molecule has 1 saturated carbocycles. The molecule has 0 aromatic heterocycles. The van der Waals surface area contributed by atoms with Crippen molar-refractivity contribution in [3.63, 3.8) is 0 Å². The lowest BCUT2D eigenvalue weighted by Gasteiger charge is -2.39. The second-order valence-electron chi connectivity index (χ2n) is 5.79. The van der Waals surface area contributed by atoms with Crippen LogP contribution in [0.4, 0.5) is 0 Å². The summed E-state index contributed by atoms with van der Waals surface area (Å²) < 4.78 is 1.09. The summed E-state index contributed by atoms with van der Waals surface area (Å²) in [5, 5.41) is 9.38. The number of hydrogen-bond acceptors (Lipinski definition) is 3. The van der Waals surface area contributed by atoms with Gasteiger partial charge in [-0.2, -0.15) is 0 Å². The molecule has 1 aliphatic rings. The highest BCUT2D eigenvalue weighted by molar-refractivity contribution is 9.10. The Bertz CT molecular complexity index is 401. The van der Waals surface area contributed by atoms with Crippen LogP contribution in [-0.4, -0.2) is 35.7 Å². The van der Waals surface area contributed by atoms with Gasteiger partial charge in [0.25, 0.3) is 0 Å². The molecular formula is C15H23BrN2O. The summed E-state index contributed by atoms with van der Waals surface area (Å²) in [5.41, 5.74) is 7.42. The quantitative estimate of drug-likeness (QED) is 0.874. The van der Waals surface area contributed by atoms with Gasteiger partial charge < -0.3 is 10.8 Å². The Morgan fingerprint density at radius 2 is 1.95 bits per heavy atom. The van der Waals surface area contributed by atoms with Gasteiger partial charge in [-0.25, -0.2) is 0 Å². The highest BCUT2D eigenvalue weighted by atomic mass is 79.9. The summed E-state index contributed by atoms with van der Waals surface area (Å²) in [7, 11) is 2.13. The fraction of sp³-hybridized carbons (Fsp3) is 0.600. The Hall–Kier alpha value is -0.420. The van der Waals surface area contributed by atoms with E-state index in [0.29, 0.717) is 5.92 Å². The fourth-order valence-electron chi connectivity index (χ4n) is 2.99. The zero-order valence-electron chi connectivity index (χ0n) is 11.6. The van der Waals surface area contributed by atoms with Gasteiger partial charge in [-0.3, -0.25) is 4.90 Å². The number of aliphatic hydroxyl groups is 1. The van der Waals surface area contributed by atoms with Gasteiger partial charge in [-0.05, 0) is 50.4 Å². The minimum Gasteiger partial charge on any atom is -0.393 e. The van der Waals surface area contributed by atoms with Crippen molar-refractivity contribution in [2.75, 3.05) is 13.6 Å². The lowest BCUT2D eigenvalue weighted by molar-refractivity contribution is 0.0203. The maximum absolute atomic E-state index is 9.38. The Balaban J connectivity index is 2.04. The average molecular weight is 327 g/mol. The number of likely N-dealkylation sites (N-methyl/N-ethyl adjacent to an activating group) is 1. The molecule has 0 radical (unpaired) electrons. The Morgan fingerprint density at radius 1 is 1.37 bits per heavy atom. The molecule has 19 heavy (non-hydrogen) atoms. The number of hydrogen-bond donors (Lipinski definition) is 2. The first kappa shape index (κ1) is 15.0. The predicted octanol–water partition coefficient (Wildman–Crippen LogP) is 2.54. The zero-order valence-corrected chi connectivity index (χ0v) is 13.2. The van der Waals surface area contributed by atoms with Crippen LogP contribution in [0.3, 0.4) is 0 Å². The number of benzene rings is 1. The molecule has 0 spiro atoms. The van der Waals surface area contributed by atoms with Gasteiger partial charge in [0, 0.05) is 23.1 Å². The summed E-state index contributed by atoms with van der Waals surface area (Å²) in [6.45, 7) is 3.05. The van der Waals surface area contributed by atoms with Crippen molar-refractivity contribution in [3.8, 4) is 0 Å². The van der Waals surface area contributed by atoms with Gasteiger partial charge in [0.1, 0.15) is 0 Å². The highest BCUT2D eigenvalue weighted by Crippen LogP contribution is 2.31. The van der Waals surface area contributed by atoms with Crippen molar-refractivity contribution in [1.29, 1.82) is 0 Å². The van der Waals surface area contributed by atoms with E-state index in [0.717, 1.165) is 23.9 Å². The topological polar surface area (TPSA) is 49.5 Å². The molecule has 0 saturated heterocycles. The van der Waals surface area contributed by atoms with Crippen LogP contribution in [0.25, 0.3) is 0 Å². The van der Waals surface area contributed by atoms with Crippen LogP contribution in [0.5, 0.6) is 0 Å². The maximum atomic E-state index is 9.38. The van der Waals surface area contributed by atoms with Crippen LogP contribution in [-0.2, 0) is 0 Å². The van der Waals surface area contributed by atoms with Gasteiger partial charge in [-0.15, -0.1) is 0 Å². The molecule has 3 N–H and O–H groups in total. The van der Waals surface area contributed by atoms with Crippen LogP contribution in [0.2, 0.25) is 0 Å². The Morgan fingerprint density at radius 3 is 2.42 bits per heavy atom. The summed E-state index contributed by atoms with van der Waals surface area (Å²) in [4.78, 5) is 2.32. The van der Waals surface area contributed by atoms with E-state index in [2.05, 4.69) is 59.1 Å². The highest BCUT2D eigenvalue weighted by Gasteiger charge is 2.30. The first-order valence-electron chi connectivity index (χ1n) is 6.86. The molecule has 3 nitrogen and oxygen atoms in total. The number of aliphatic hydroxyl groups excluding tert-OH is 1. The van der Waals surface area contributed by atoms with Crippen molar-refractivity contribution < 1.29 is 5.11 Å². The van der Waals surface area contributed by atoms with Crippen LogP contribution >= 0.6 is 15.9 Å². The first-order valence-corrected chi connectivity index (χ1v) is 7.66. The van der Waals surface area contributed by atoms with Crippen LogP contribution in [0.1, 0.15) is 31.4 Å². The van der Waals surface area contributed by atoms with Gasteiger partial charge in [0.2, 0.25) is 0 Å². The van der Waals surface area contributed by atoms with Gasteiger partial charge >= 0.3 is 0 Å². The van der Waals surface area contributed by atoms with Crippen molar-refractivity contribution in [2.24, 2.45) is 11.7 Å². The monoisotopic (exact) mass is 326 g/mol. The van der Waals surface area contributed by atoms with Crippen LogP contribution < -0.4 is 5.73 Å². The molecule has 0 bridgehead atoms. The van der Waals surface area contributed by atoms with E-state index in [9.17, 15) is 5.11 Å². The third-order valence-electron chi connectivity index (χ3n) is 3.94. The average Bonchev–Trinajstić information content (AvgIpc) is 2.29. The standard InChI is InChI=1S/C15H23BrN2O/c1-10(17)15(12-3-5-13(16)6-4-12)18(2)9-11-7-14(19)8-11/h3-6,10-11,14-15,19H,7-9,17H2,1-2H3. The third-order valence-corrected chi connectivity index (χ3v) is 4.47.